The molecule has 1 heterocycles. The van der Waals surface area contributed by atoms with Crippen LogP contribution in [0.4, 0.5) is 10.1 Å². The molecule has 0 aliphatic heterocycles. The Morgan fingerprint density at radius 2 is 2.04 bits per heavy atom. The molecule has 0 saturated heterocycles. The van der Waals surface area contributed by atoms with E-state index in [1.54, 1.807) is 25.1 Å². The van der Waals surface area contributed by atoms with Gasteiger partial charge in [0.2, 0.25) is 0 Å². The number of aromatic nitrogens is 2. The molecule has 0 fully saturated rings. The van der Waals surface area contributed by atoms with Crippen LogP contribution in [-0.2, 0) is 6.67 Å². The summed E-state index contributed by atoms with van der Waals surface area (Å²) in [6.45, 7) is 0.775. The maximum absolute atomic E-state index is 13.4. The molecule has 0 bridgehead atoms. The van der Waals surface area contributed by atoms with E-state index in [1.165, 1.54) is 12.1 Å². The summed E-state index contributed by atoms with van der Waals surface area (Å²) in [7, 11) is 0. The molecule has 3 rings (SSSR count). The van der Waals surface area contributed by atoms with E-state index in [1.807, 2.05) is 0 Å². The molecule has 122 valence electrons. The van der Waals surface area contributed by atoms with Crippen molar-refractivity contribution >= 4 is 28.2 Å². The summed E-state index contributed by atoms with van der Waals surface area (Å²) in [5, 5.41) is 11.5. The first-order valence-electron chi connectivity index (χ1n) is 6.95. The predicted octanol–water partition coefficient (Wildman–Crippen LogP) is 3.73. The van der Waals surface area contributed by atoms with Crippen molar-refractivity contribution in [2.45, 2.75) is 13.6 Å². The van der Waals surface area contributed by atoms with Gasteiger partial charge in [-0.3, -0.25) is 19.5 Å². The van der Waals surface area contributed by atoms with Crippen molar-refractivity contribution in [1.29, 1.82) is 0 Å². The minimum Gasteiger partial charge on any atom is -0.268 e. The molecule has 6 nitrogen and oxygen atoms in total. The van der Waals surface area contributed by atoms with Crippen LogP contribution < -0.4 is 5.56 Å². The smallest absolute Gasteiger partial charge is 0.268 e. The van der Waals surface area contributed by atoms with Gasteiger partial charge in [0.15, 0.2) is 0 Å². The summed E-state index contributed by atoms with van der Waals surface area (Å²) in [4.78, 5) is 27.3. The first-order chi connectivity index (χ1) is 11.4. The van der Waals surface area contributed by atoms with E-state index in [-0.39, 0.29) is 22.4 Å². The van der Waals surface area contributed by atoms with Gasteiger partial charge in [-0.15, -0.1) is 0 Å². The number of alkyl halides is 1. The maximum Gasteiger partial charge on any atom is 0.270 e. The fraction of sp³-hybridized carbons (Fsp3) is 0.125. The molecule has 0 aliphatic rings. The van der Waals surface area contributed by atoms with Crippen LogP contribution in [0.25, 0.3) is 16.6 Å². The summed E-state index contributed by atoms with van der Waals surface area (Å²) < 4.78 is 14.6. The number of fused-ring (bicyclic) bond motifs is 1. The summed E-state index contributed by atoms with van der Waals surface area (Å²) in [6.07, 6.45) is 0. The van der Waals surface area contributed by atoms with Gasteiger partial charge in [0.1, 0.15) is 12.5 Å². The summed E-state index contributed by atoms with van der Waals surface area (Å²) in [6, 6.07) is 8.53. The lowest BCUT2D eigenvalue weighted by Gasteiger charge is -2.14. The van der Waals surface area contributed by atoms with Crippen LogP contribution in [0.3, 0.4) is 0 Å². The average Bonchev–Trinajstić information content (AvgIpc) is 2.55. The van der Waals surface area contributed by atoms with Crippen molar-refractivity contribution in [3.63, 3.8) is 0 Å². The zero-order valence-corrected chi connectivity index (χ0v) is 13.2. The topological polar surface area (TPSA) is 78.0 Å². The highest BCUT2D eigenvalue weighted by Gasteiger charge is 2.17. The SMILES string of the molecule is Cc1cc(Cl)ccc1-n1c(CF)nc2ccc([N+](=O)[O-])cc2c1=O. The Morgan fingerprint density at radius 3 is 2.67 bits per heavy atom. The van der Waals surface area contributed by atoms with Gasteiger partial charge in [-0.2, -0.15) is 0 Å². The van der Waals surface area contributed by atoms with Gasteiger partial charge >= 0.3 is 0 Å². The van der Waals surface area contributed by atoms with Crippen molar-refractivity contribution in [3.05, 3.63) is 73.3 Å². The van der Waals surface area contributed by atoms with Gasteiger partial charge < -0.3 is 0 Å². The standard InChI is InChI=1S/C16H11ClFN3O3/c1-9-6-10(17)2-5-14(9)20-15(8-18)19-13-4-3-11(21(23)24)7-12(13)16(20)22/h2-7H,8H2,1H3. The molecular weight excluding hydrogens is 337 g/mol. The van der Waals surface area contributed by atoms with Crippen LogP contribution in [0.15, 0.2) is 41.2 Å². The van der Waals surface area contributed by atoms with E-state index >= 15 is 0 Å². The van der Waals surface area contributed by atoms with Crippen LogP contribution in [0, 0.1) is 17.0 Å². The molecule has 0 saturated carbocycles. The summed E-state index contributed by atoms with van der Waals surface area (Å²) >= 11 is 5.92. The Balaban J connectivity index is 2.39. The van der Waals surface area contributed by atoms with E-state index in [2.05, 4.69) is 4.98 Å². The molecule has 0 atom stereocenters. The summed E-state index contributed by atoms with van der Waals surface area (Å²) in [5.41, 5.74) is 0.500. The molecule has 0 N–H and O–H groups in total. The molecule has 24 heavy (non-hydrogen) atoms. The Labute approximate surface area is 140 Å². The lowest BCUT2D eigenvalue weighted by atomic mass is 10.1. The van der Waals surface area contributed by atoms with Crippen LogP contribution in [0.5, 0.6) is 0 Å². The minimum absolute atomic E-state index is 0.0516. The summed E-state index contributed by atoms with van der Waals surface area (Å²) in [5.74, 6) is -0.0771. The molecule has 0 radical (unpaired) electrons. The minimum atomic E-state index is -0.954. The van der Waals surface area contributed by atoms with E-state index in [4.69, 9.17) is 11.6 Å². The van der Waals surface area contributed by atoms with Crippen LogP contribution >= 0.6 is 11.6 Å². The number of benzene rings is 2. The fourth-order valence-corrected chi connectivity index (χ4v) is 2.77. The molecule has 3 aromatic rings. The third-order valence-electron chi connectivity index (χ3n) is 3.65. The van der Waals surface area contributed by atoms with Gasteiger partial charge in [-0.05, 0) is 36.8 Å². The van der Waals surface area contributed by atoms with E-state index in [9.17, 15) is 19.3 Å². The van der Waals surface area contributed by atoms with Gasteiger partial charge in [-0.25, -0.2) is 9.37 Å². The highest BCUT2D eigenvalue weighted by Crippen LogP contribution is 2.22. The molecule has 0 unspecified atom stereocenters. The number of non-ortho nitro benzene ring substituents is 1. The van der Waals surface area contributed by atoms with Crippen LogP contribution in [-0.4, -0.2) is 14.5 Å². The third-order valence-corrected chi connectivity index (χ3v) is 3.89. The van der Waals surface area contributed by atoms with Crippen molar-refractivity contribution < 1.29 is 9.31 Å². The molecule has 1 aromatic heterocycles. The number of halogens is 2. The molecule has 8 heteroatoms. The zero-order valence-electron chi connectivity index (χ0n) is 12.5. The number of aryl methyl sites for hydroxylation is 1. The lowest BCUT2D eigenvalue weighted by Crippen LogP contribution is -2.24. The van der Waals surface area contributed by atoms with E-state index < -0.39 is 17.2 Å². The quantitative estimate of drug-likeness (QED) is 0.534. The van der Waals surface area contributed by atoms with Gasteiger partial charge in [0, 0.05) is 17.2 Å². The Bertz CT molecular complexity index is 1030. The number of hydrogen-bond donors (Lipinski definition) is 0. The van der Waals surface area contributed by atoms with Crippen molar-refractivity contribution in [2.75, 3.05) is 0 Å². The number of nitro benzene ring substituents is 1. The fourth-order valence-electron chi connectivity index (χ4n) is 2.54. The highest BCUT2D eigenvalue weighted by molar-refractivity contribution is 6.30. The second-order valence-electron chi connectivity index (χ2n) is 5.19. The zero-order chi connectivity index (χ0) is 17.4. The molecule has 2 aromatic carbocycles. The van der Waals surface area contributed by atoms with Gasteiger partial charge in [0.05, 0.1) is 21.5 Å². The Kier molecular flexibility index (Phi) is 4.02. The predicted molar refractivity (Wildman–Crippen MR) is 88.6 cm³/mol. The number of nitrogens with zero attached hydrogens (tertiary/aromatic N) is 3. The number of nitro groups is 1. The molecule has 0 spiro atoms. The van der Waals surface area contributed by atoms with E-state index in [0.29, 0.717) is 16.3 Å². The van der Waals surface area contributed by atoms with Crippen LogP contribution in [0.2, 0.25) is 5.02 Å². The highest BCUT2D eigenvalue weighted by atomic mass is 35.5. The maximum atomic E-state index is 13.4. The second kappa shape index (κ2) is 6.01. The largest absolute Gasteiger partial charge is 0.270 e. The van der Waals surface area contributed by atoms with Crippen molar-refractivity contribution in [3.8, 4) is 5.69 Å². The average molecular weight is 348 g/mol. The molecule has 0 aliphatic carbocycles. The normalized spacial score (nSPS) is 11.0. The van der Waals surface area contributed by atoms with Gasteiger partial charge in [-0.1, -0.05) is 11.6 Å². The Morgan fingerprint density at radius 1 is 1.29 bits per heavy atom. The second-order valence-corrected chi connectivity index (χ2v) is 5.63. The first-order valence-corrected chi connectivity index (χ1v) is 7.32. The molecule has 0 amide bonds. The number of rotatable bonds is 3. The van der Waals surface area contributed by atoms with Crippen molar-refractivity contribution in [2.24, 2.45) is 0 Å². The first kappa shape index (κ1) is 16.1. The Hall–Kier alpha value is -2.80. The monoisotopic (exact) mass is 347 g/mol. The van der Waals surface area contributed by atoms with Crippen LogP contribution in [0.1, 0.15) is 11.4 Å². The van der Waals surface area contributed by atoms with E-state index in [0.717, 1.165) is 10.6 Å². The molecular formula is C16H11ClFN3O3. The van der Waals surface area contributed by atoms with Crippen molar-refractivity contribution in [1.82, 2.24) is 9.55 Å². The van der Waals surface area contributed by atoms with Gasteiger partial charge in [0.25, 0.3) is 11.2 Å². The third kappa shape index (κ3) is 2.63. The number of hydrogen-bond acceptors (Lipinski definition) is 4. The lowest BCUT2D eigenvalue weighted by molar-refractivity contribution is -0.384.